The first-order valence-corrected chi connectivity index (χ1v) is 10.6. The number of rotatable bonds is 6. The zero-order valence-corrected chi connectivity index (χ0v) is 18.9. The number of aliphatic imine (C=N–C) groups is 1. The minimum atomic E-state index is 0.508. The summed E-state index contributed by atoms with van der Waals surface area (Å²) in [5.41, 5.74) is 7.27. The van der Waals surface area contributed by atoms with Crippen LogP contribution < -0.4 is 10.6 Å². The maximum atomic E-state index is 5.64. The van der Waals surface area contributed by atoms with Gasteiger partial charge in [-0.05, 0) is 50.6 Å². The van der Waals surface area contributed by atoms with E-state index < -0.39 is 0 Å². The first-order valence-electron chi connectivity index (χ1n) is 10.6. The van der Waals surface area contributed by atoms with Gasteiger partial charge in [0.2, 0.25) is 5.89 Å². The summed E-state index contributed by atoms with van der Waals surface area (Å²) >= 11 is 0. The third-order valence-electron chi connectivity index (χ3n) is 5.19. The van der Waals surface area contributed by atoms with Gasteiger partial charge in [-0.2, -0.15) is 5.10 Å². The topological polar surface area (TPSA) is 80.3 Å². The first kappa shape index (κ1) is 21.4. The van der Waals surface area contributed by atoms with Crippen molar-refractivity contribution in [2.45, 2.75) is 33.9 Å². The molecule has 2 aromatic carbocycles. The highest BCUT2D eigenvalue weighted by Gasteiger charge is 2.10. The van der Waals surface area contributed by atoms with Crippen molar-refractivity contribution in [1.82, 2.24) is 25.4 Å². The molecule has 0 unspecified atom stereocenters. The average Bonchev–Trinajstić information content (AvgIpc) is 3.40. The third-order valence-corrected chi connectivity index (χ3v) is 5.19. The Bertz CT molecular complexity index is 1220. The van der Waals surface area contributed by atoms with Crippen molar-refractivity contribution in [3.8, 4) is 17.1 Å². The van der Waals surface area contributed by atoms with Crippen molar-refractivity contribution in [2.24, 2.45) is 4.99 Å². The Kier molecular flexibility index (Phi) is 6.35. The maximum absolute atomic E-state index is 5.64. The molecule has 0 bridgehead atoms. The molecule has 0 saturated heterocycles. The number of hydrogen-bond acceptors (Lipinski definition) is 4. The van der Waals surface area contributed by atoms with Crippen molar-refractivity contribution in [3.63, 3.8) is 0 Å². The number of nitrogens with one attached hydrogen (secondary N) is 2. The van der Waals surface area contributed by atoms with Crippen LogP contribution in [-0.2, 0) is 13.1 Å². The van der Waals surface area contributed by atoms with E-state index in [1.807, 2.05) is 48.0 Å². The number of nitrogens with zero attached hydrogens (tertiary/aromatic N) is 4. The zero-order chi connectivity index (χ0) is 22.5. The highest BCUT2D eigenvalue weighted by Crippen LogP contribution is 2.19. The monoisotopic (exact) mass is 428 g/mol. The molecule has 0 spiro atoms. The van der Waals surface area contributed by atoms with E-state index in [1.165, 1.54) is 5.56 Å². The van der Waals surface area contributed by atoms with Gasteiger partial charge in [0.05, 0.1) is 23.6 Å². The second-order valence-electron chi connectivity index (χ2n) is 7.76. The molecular weight excluding hydrogens is 400 g/mol. The van der Waals surface area contributed by atoms with Gasteiger partial charge in [0.1, 0.15) is 6.26 Å². The lowest BCUT2D eigenvalue weighted by atomic mass is 10.1. The molecule has 2 aromatic heterocycles. The summed E-state index contributed by atoms with van der Waals surface area (Å²) in [6, 6.07) is 18.4. The molecule has 0 radical (unpaired) electrons. The molecule has 4 rings (SSSR count). The number of oxazole rings is 1. The molecule has 2 heterocycles. The van der Waals surface area contributed by atoms with Gasteiger partial charge in [0.25, 0.3) is 0 Å². The largest absolute Gasteiger partial charge is 0.444 e. The van der Waals surface area contributed by atoms with Gasteiger partial charge < -0.3 is 15.1 Å². The van der Waals surface area contributed by atoms with Crippen LogP contribution in [0.25, 0.3) is 17.1 Å². The number of guanidine groups is 1. The summed E-state index contributed by atoms with van der Waals surface area (Å²) in [5.74, 6) is 1.30. The van der Waals surface area contributed by atoms with E-state index in [-0.39, 0.29) is 0 Å². The van der Waals surface area contributed by atoms with Gasteiger partial charge in [-0.25, -0.2) is 9.67 Å². The van der Waals surface area contributed by atoms with E-state index >= 15 is 0 Å². The summed E-state index contributed by atoms with van der Waals surface area (Å²) in [7, 11) is 1.75. The standard InChI is InChI=1S/C25H28N6O/c1-17-9-11-20(12-10-17)24-29-22(16-32-24)15-28-25(26-4)27-14-21-7-5-6-8-23(21)31-19(3)13-18(2)30-31/h5-13,16H,14-15H2,1-4H3,(H2,26,27,28). The Morgan fingerprint density at radius 2 is 1.75 bits per heavy atom. The molecule has 0 fully saturated rings. The smallest absolute Gasteiger partial charge is 0.226 e. The van der Waals surface area contributed by atoms with Gasteiger partial charge in [-0.15, -0.1) is 0 Å². The number of aryl methyl sites for hydroxylation is 3. The van der Waals surface area contributed by atoms with E-state index in [0.717, 1.165) is 33.9 Å². The van der Waals surface area contributed by atoms with Crippen LogP contribution in [0.2, 0.25) is 0 Å². The first-order chi connectivity index (χ1) is 15.5. The Morgan fingerprint density at radius 1 is 1.00 bits per heavy atom. The van der Waals surface area contributed by atoms with Crippen molar-refractivity contribution < 1.29 is 4.42 Å². The Balaban J connectivity index is 1.39. The Hall–Kier alpha value is -3.87. The van der Waals surface area contributed by atoms with Gasteiger partial charge in [0, 0.05) is 24.8 Å². The quantitative estimate of drug-likeness (QED) is 0.353. The molecular formula is C25H28N6O. The van der Waals surface area contributed by atoms with Gasteiger partial charge in [0.15, 0.2) is 5.96 Å². The lowest BCUT2D eigenvalue weighted by Crippen LogP contribution is -2.36. The Labute approximate surface area is 188 Å². The van der Waals surface area contributed by atoms with E-state index in [4.69, 9.17) is 4.42 Å². The van der Waals surface area contributed by atoms with Gasteiger partial charge in [-0.1, -0.05) is 35.9 Å². The summed E-state index contributed by atoms with van der Waals surface area (Å²) in [4.78, 5) is 8.91. The summed E-state index contributed by atoms with van der Waals surface area (Å²) < 4.78 is 7.62. The summed E-state index contributed by atoms with van der Waals surface area (Å²) in [6.07, 6.45) is 1.67. The van der Waals surface area contributed by atoms with Crippen LogP contribution in [0.5, 0.6) is 0 Å². The lowest BCUT2D eigenvalue weighted by molar-refractivity contribution is 0.572. The molecule has 7 nitrogen and oxygen atoms in total. The normalized spacial score (nSPS) is 11.6. The van der Waals surface area contributed by atoms with E-state index in [0.29, 0.717) is 24.9 Å². The lowest BCUT2D eigenvalue weighted by Gasteiger charge is -2.14. The van der Waals surface area contributed by atoms with Crippen molar-refractivity contribution in [2.75, 3.05) is 7.05 Å². The van der Waals surface area contributed by atoms with Crippen molar-refractivity contribution in [1.29, 1.82) is 0 Å². The average molecular weight is 429 g/mol. The van der Waals surface area contributed by atoms with Crippen LogP contribution >= 0.6 is 0 Å². The Morgan fingerprint density at radius 3 is 2.47 bits per heavy atom. The fourth-order valence-electron chi connectivity index (χ4n) is 3.53. The summed E-state index contributed by atoms with van der Waals surface area (Å²) in [6.45, 7) is 7.25. The summed E-state index contributed by atoms with van der Waals surface area (Å²) in [5, 5.41) is 11.3. The van der Waals surface area contributed by atoms with Gasteiger partial charge in [-0.3, -0.25) is 4.99 Å². The molecule has 4 aromatic rings. The van der Waals surface area contributed by atoms with E-state index in [2.05, 4.69) is 57.8 Å². The van der Waals surface area contributed by atoms with Crippen LogP contribution in [-0.4, -0.2) is 27.8 Å². The fourth-order valence-corrected chi connectivity index (χ4v) is 3.53. The molecule has 164 valence electrons. The molecule has 0 aliphatic rings. The predicted molar refractivity (Wildman–Crippen MR) is 127 cm³/mol. The highest BCUT2D eigenvalue weighted by atomic mass is 16.3. The van der Waals surface area contributed by atoms with Crippen LogP contribution in [0.3, 0.4) is 0 Å². The molecule has 2 N–H and O–H groups in total. The molecule has 0 saturated carbocycles. The molecule has 7 heteroatoms. The highest BCUT2D eigenvalue weighted by molar-refractivity contribution is 5.79. The molecule has 32 heavy (non-hydrogen) atoms. The van der Waals surface area contributed by atoms with E-state index in [1.54, 1.807) is 13.3 Å². The third kappa shape index (κ3) is 4.88. The number of hydrogen-bond donors (Lipinski definition) is 2. The van der Waals surface area contributed by atoms with Crippen LogP contribution in [0.4, 0.5) is 0 Å². The van der Waals surface area contributed by atoms with Gasteiger partial charge >= 0.3 is 0 Å². The number of aromatic nitrogens is 3. The maximum Gasteiger partial charge on any atom is 0.226 e. The number of para-hydroxylation sites is 1. The van der Waals surface area contributed by atoms with E-state index in [9.17, 15) is 0 Å². The van der Waals surface area contributed by atoms with Crippen LogP contribution in [0.1, 0.15) is 28.2 Å². The SMILES string of the molecule is CN=C(NCc1coc(-c2ccc(C)cc2)n1)NCc1ccccc1-n1nc(C)cc1C. The molecule has 0 amide bonds. The molecule has 0 aliphatic heterocycles. The van der Waals surface area contributed by atoms with Crippen LogP contribution in [0, 0.1) is 20.8 Å². The second-order valence-corrected chi connectivity index (χ2v) is 7.76. The zero-order valence-electron chi connectivity index (χ0n) is 18.9. The molecule has 0 aliphatic carbocycles. The minimum Gasteiger partial charge on any atom is -0.444 e. The fraction of sp³-hybridized carbons (Fsp3) is 0.240. The predicted octanol–water partition coefficient (Wildman–Crippen LogP) is 4.32. The molecule has 0 atom stereocenters. The van der Waals surface area contributed by atoms with Crippen molar-refractivity contribution in [3.05, 3.63) is 89.1 Å². The minimum absolute atomic E-state index is 0.508. The number of benzene rings is 2. The second kappa shape index (κ2) is 9.51. The van der Waals surface area contributed by atoms with Crippen LogP contribution in [0.15, 0.2) is 70.3 Å². The van der Waals surface area contributed by atoms with Crippen molar-refractivity contribution >= 4 is 5.96 Å².